The SMILES string of the molecule is NCC1CCC(C=NC(=S)C23CC4CC(c5ccccc5)(CC2[C@@H]4C(F)F)C3)CC1. The van der Waals surface area contributed by atoms with Crippen molar-refractivity contribution in [3.8, 4) is 0 Å². The second-order valence-electron chi connectivity index (χ2n) is 10.5. The molecule has 1 aromatic rings. The number of nitrogens with two attached hydrogens (primary N) is 1. The van der Waals surface area contributed by atoms with E-state index in [1.54, 1.807) is 0 Å². The fourth-order valence-corrected chi connectivity index (χ4v) is 8.02. The molecule has 6 rings (SSSR count). The van der Waals surface area contributed by atoms with Crippen molar-refractivity contribution in [2.75, 3.05) is 6.54 Å². The maximum absolute atomic E-state index is 14.1. The van der Waals surface area contributed by atoms with E-state index < -0.39 is 12.3 Å². The fourth-order valence-electron chi connectivity index (χ4n) is 7.66. The van der Waals surface area contributed by atoms with E-state index in [1.807, 2.05) is 6.07 Å². The average molecular weight is 431 g/mol. The number of halogens is 2. The molecule has 30 heavy (non-hydrogen) atoms. The first-order chi connectivity index (χ1) is 14.5. The van der Waals surface area contributed by atoms with Gasteiger partial charge in [0.05, 0.1) is 0 Å². The third-order valence-corrected chi connectivity index (χ3v) is 9.50. The van der Waals surface area contributed by atoms with Crippen LogP contribution in [0.1, 0.15) is 56.9 Å². The lowest BCUT2D eigenvalue weighted by Crippen LogP contribution is -2.38. The summed E-state index contributed by atoms with van der Waals surface area (Å²) in [5, 5.41) is 0. The van der Waals surface area contributed by atoms with Gasteiger partial charge in [-0.05, 0) is 92.6 Å². The quantitative estimate of drug-likeness (QED) is 0.474. The van der Waals surface area contributed by atoms with Gasteiger partial charge in [0.25, 0.3) is 0 Å². The van der Waals surface area contributed by atoms with Crippen LogP contribution in [-0.4, -0.2) is 24.2 Å². The molecule has 0 spiro atoms. The van der Waals surface area contributed by atoms with Crippen molar-refractivity contribution in [1.29, 1.82) is 0 Å². The summed E-state index contributed by atoms with van der Waals surface area (Å²) in [6.45, 7) is 0.769. The number of thiocarbonyl (C=S) groups is 1. The highest BCUT2D eigenvalue weighted by Gasteiger charge is 2.71. The van der Waals surface area contributed by atoms with Crippen molar-refractivity contribution in [1.82, 2.24) is 0 Å². The van der Waals surface area contributed by atoms with Crippen LogP contribution >= 0.6 is 12.2 Å². The van der Waals surface area contributed by atoms with E-state index >= 15 is 0 Å². The Morgan fingerprint density at radius 3 is 2.53 bits per heavy atom. The van der Waals surface area contributed by atoms with Crippen molar-refractivity contribution in [3.05, 3.63) is 35.9 Å². The molecule has 2 N–H and O–H groups in total. The molecule has 5 aliphatic rings. The molecular weight excluding hydrogens is 398 g/mol. The van der Waals surface area contributed by atoms with Crippen molar-refractivity contribution in [2.24, 2.45) is 45.7 Å². The molecule has 4 unspecified atom stereocenters. The fraction of sp³-hybridized carbons (Fsp3) is 0.680. The summed E-state index contributed by atoms with van der Waals surface area (Å²) in [5.74, 6) is 0.600. The second-order valence-corrected chi connectivity index (χ2v) is 10.9. The summed E-state index contributed by atoms with van der Waals surface area (Å²) in [5.41, 5.74) is 6.80. The van der Waals surface area contributed by atoms with Gasteiger partial charge in [-0.1, -0.05) is 42.5 Å². The number of benzene rings is 1. The van der Waals surface area contributed by atoms with Crippen LogP contribution in [0, 0.1) is 35.0 Å². The van der Waals surface area contributed by atoms with E-state index in [0.29, 0.717) is 16.8 Å². The molecule has 0 saturated heterocycles. The molecule has 5 fully saturated rings. The largest absolute Gasteiger partial charge is 0.330 e. The Morgan fingerprint density at radius 2 is 1.87 bits per heavy atom. The van der Waals surface area contributed by atoms with Gasteiger partial charge in [-0.25, -0.2) is 8.78 Å². The zero-order valence-corrected chi connectivity index (χ0v) is 18.3. The van der Waals surface area contributed by atoms with Gasteiger partial charge in [-0.15, -0.1) is 0 Å². The molecule has 0 amide bonds. The lowest BCUT2D eigenvalue weighted by atomic mass is 9.62. The van der Waals surface area contributed by atoms with Crippen LogP contribution in [0.3, 0.4) is 0 Å². The number of nitrogens with zero attached hydrogens (tertiary/aromatic N) is 1. The highest BCUT2D eigenvalue weighted by atomic mass is 32.1. The van der Waals surface area contributed by atoms with Crippen LogP contribution in [0.5, 0.6) is 0 Å². The Labute approximate surface area is 183 Å². The average Bonchev–Trinajstić information content (AvgIpc) is 3.15. The number of alkyl halides is 2. The van der Waals surface area contributed by atoms with Gasteiger partial charge >= 0.3 is 0 Å². The highest BCUT2D eigenvalue weighted by molar-refractivity contribution is 7.80. The molecule has 162 valence electrons. The van der Waals surface area contributed by atoms with Gasteiger partial charge in [-0.2, -0.15) is 0 Å². The Bertz CT molecular complexity index is 820. The van der Waals surface area contributed by atoms with Crippen LogP contribution < -0.4 is 5.73 Å². The molecule has 5 aliphatic carbocycles. The summed E-state index contributed by atoms with van der Waals surface area (Å²) in [4.78, 5) is 5.53. The summed E-state index contributed by atoms with van der Waals surface area (Å²) in [6.07, 6.45) is 7.73. The third-order valence-electron chi connectivity index (χ3n) is 8.99. The zero-order chi connectivity index (χ0) is 20.9. The smallest absolute Gasteiger partial charge is 0.242 e. The maximum Gasteiger partial charge on any atom is 0.242 e. The Balaban J connectivity index is 1.40. The first-order valence-corrected chi connectivity index (χ1v) is 12.0. The lowest BCUT2D eigenvalue weighted by molar-refractivity contribution is 0.00403. The molecule has 4 bridgehead atoms. The standard InChI is InChI=1S/C25H32F2N2S/c26-22(27)21-18-10-24(19-4-2-1-3-5-19)12-20(21)25(11-18,15-24)23(30)29-14-17-8-6-16(13-28)7-9-17/h1-5,14,16-18,20-22H,6-13,15,28H2/t16?,17?,18?,20?,21-,24?,25?/m1/s1. The minimum atomic E-state index is -2.26. The molecule has 1 aromatic carbocycles. The summed E-state index contributed by atoms with van der Waals surface area (Å²) in [6, 6.07) is 10.5. The maximum atomic E-state index is 14.1. The van der Waals surface area contributed by atoms with Crippen molar-refractivity contribution in [2.45, 2.75) is 63.2 Å². The Kier molecular flexibility index (Phi) is 5.34. The normalized spacial score (nSPS) is 42.5. The molecule has 5 heteroatoms. The van der Waals surface area contributed by atoms with E-state index in [0.717, 1.165) is 57.9 Å². The zero-order valence-electron chi connectivity index (χ0n) is 17.5. The summed E-state index contributed by atoms with van der Waals surface area (Å²) in [7, 11) is 0. The summed E-state index contributed by atoms with van der Waals surface area (Å²) < 4.78 is 28.1. The van der Waals surface area contributed by atoms with E-state index in [9.17, 15) is 8.78 Å². The number of aliphatic imine (C=N–C) groups is 1. The van der Waals surface area contributed by atoms with Crippen LogP contribution in [0.15, 0.2) is 35.3 Å². The molecule has 5 atom stereocenters. The minimum absolute atomic E-state index is 0.000993. The molecule has 2 nitrogen and oxygen atoms in total. The first kappa shape index (κ1) is 20.7. The Morgan fingerprint density at radius 1 is 1.13 bits per heavy atom. The van der Waals surface area contributed by atoms with Crippen molar-refractivity contribution < 1.29 is 8.78 Å². The number of hydrogen-bond acceptors (Lipinski definition) is 2. The highest BCUT2D eigenvalue weighted by Crippen LogP contribution is 2.74. The van der Waals surface area contributed by atoms with Gasteiger partial charge in [0.15, 0.2) is 0 Å². The van der Waals surface area contributed by atoms with E-state index in [1.165, 1.54) is 5.56 Å². The lowest BCUT2D eigenvalue weighted by Gasteiger charge is -2.43. The molecule has 5 saturated carbocycles. The van der Waals surface area contributed by atoms with Gasteiger partial charge in [0, 0.05) is 17.5 Å². The second kappa shape index (κ2) is 7.74. The van der Waals surface area contributed by atoms with E-state index in [4.69, 9.17) is 22.9 Å². The molecule has 0 radical (unpaired) electrons. The monoisotopic (exact) mass is 430 g/mol. The van der Waals surface area contributed by atoms with Gasteiger partial charge in [0.2, 0.25) is 6.43 Å². The molecule has 0 heterocycles. The van der Waals surface area contributed by atoms with Gasteiger partial charge in [-0.3, -0.25) is 4.99 Å². The van der Waals surface area contributed by atoms with Crippen LogP contribution in [0.25, 0.3) is 0 Å². The topological polar surface area (TPSA) is 38.4 Å². The van der Waals surface area contributed by atoms with Crippen LogP contribution in [0.4, 0.5) is 8.78 Å². The summed E-state index contributed by atoms with van der Waals surface area (Å²) >= 11 is 5.91. The molecule has 0 aliphatic heterocycles. The van der Waals surface area contributed by atoms with Crippen molar-refractivity contribution >= 4 is 23.4 Å². The van der Waals surface area contributed by atoms with Crippen LogP contribution in [0.2, 0.25) is 0 Å². The van der Waals surface area contributed by atoms with E-state index in [-0.39, 0.29) is 22.7 Å². The van der Waals surface area contributed by atoms with Crippen LogP contribution in [-0.2, 0) is 5.41 Å². The molecular formula is C25H32F2N2S. The Hall–Kier alpha value is -1.20. The first-order valence-electron chi connectivity index (χ1n) is 11.6. The predicted octanol–water partition coefficient (Wildman–Crippen LogP) is 5.79. The minimum Gasteiger partial charge on any atom is -0.330 e. The predicted molar refractivity (Wildman–Crippen MR) is 121 cm³/mol. The number of rotatable bonds is 5. The number of hydrogen-bond donors (Lipinski definition) is 1. The van der Waals surface area contributed by atoms with E-state index in [2.05, 4.69) is 30.5 Å². The third kappa shape index (κ3) is 3.19. The molecule has 0 aromatic heterocycles. The van der Waals surface area contributed by atoms with Gasteiger partial charge < -0.3 is 5.73 Å². The van der Waals surface area contributed by atoms with Crippen molar-refractivity contribution in [3.63, 3.8) is 0 Å². The van der Waals surface area contributed by atoms with Gasteiger partial charge in [0.1, 0.15) is 4.99 Å².